The van der Waals surface area contributed by atoms with E-state index in [-0.39, 0.29) is 23.1 Å². The third-order valence-corrected chi connectivity index (χ3v) is 11.0. The minimum Gasteiger partial charge on any atom is -0.355 e. The molecule has 0 radical (unpaired) electrons. The van der Waals surface area contributed by atoms with E-state index in [2.05, 4.69) is 5.32 Å². The number of fused-ring (bicyclic) bond motifs is 6. The van der Waals surface area contributed by atoms with Crippen molar-refractivity contribution in [3.8, 4) is 28.1 Å². The average Bonchev–Trinajstić information content (AvgIpc) is 3.58. The number of carbonyl (C=O) groups excluding carboxylic acids is 4. The average molecular weight is 672 g/mol. The Morgan fingerprint density at radius 1 is 0.615 bits per heavy atom. The molecule has 0 saturated heterocycles. The van der Waals surface area contributed by atoms with Crippen molar-refractivity contribution in [1.29, 1.82) is 0 Å². The minimum atomic E-state index is -0.446. The number of Topliss-reactive ketones (excluding diaryl/α,β-unsaturated/α-hetero) is 2. The van der Waals surface area contributed by atoms with Crippen LogP contribution in [0.3, 0.4) is 0 Å². The van der Waals surface area contributed by atoms with E-state index in [1.807, 2.05) is 108 Å². The van der Waals surface area contributed by atoms with E-state index in [0.717, 1.165) is 49.7 Å². The monoisotopic (exact) mass is 671 g/mol. The van der Waals surface area contributed by atoms with Crippen molar-refractivity contribution in [2.75, 3.05) is 5.32 Å². The van der Waals surface area contributed by atoms with Crippen LogP contribution in [0.15, 0.2) is 133 Å². The zero-order valence-corrected chi connectivity index (χ0v) is 27.4. The number of anilines is 2. The van der Waals surface area contributed by atoms with Crippen LogP contribution in [-0.4, -0.2) is 32.9 Å². The first kappa shape index (κ1) is 28.8. The number of benzene rings is 6. The topological polar surface area (TPSA) is 98.1 Å². The van der Waals surface area contributed by atoms with Crippen molar-refractivity contribution in [2.45, 2.75) is 6.42 Å². The summed E-state index contributed by atoms with van der Waals surface area (Å²) in [6.45, 7) is 0. The summed E-state index contributed by atoms with van der Waals surface area (Å²) in [7, 11) is 0. The summed E-state index contributed by atoms with van der Waals surface area (Å²) in [6.07, 6.45) is 6.02. The molecule has 4 aliphatic rings. The third-order valence-electron chi connectivity index (χ3n) is 11.0. The summed E-state index contributed by atoms with van der Waals surface area (Å²) in [5.41, 5.74) is 9.82. The summed E-state index contributed by atoms with van der Waals surface area (Å²) < 4.78 is 1.90. The highest BCUT2D eigenvalue weighted by Gasteiger charge is 2.38. The van der Waals surface area contributed by atoms with Gasteiger partial charge in [0.15, 0.2) is 23.1 Å². The molecular formula is C45H25N3O4. The number of allylic oxidation sites excluding steroid dienone is 4. The Bertz CT molecular complexity index is 2940. The van der Waals surface area contributed by atoms with Crippen LogP contribution in [0.5, 0.6) is 0 Å². The molecule has 11 rings (SSSR count). The van der Waals surface area contributed by atoms with Gasteiger partial charge in [-0.2, -0.15) is 5.10 Å². The second-order valence-electron chi connectivity index (χ2n) is 13.7. The van der Waals surface area contributed by atoms with Gasteiger partial charge in [-0.05, 0) is 47.9 Å². The second-order valence-corrected chi connectivity index (χ2v) is 13.7. The first-order chi connectivity index (χ1) is 25.5. The highest BCUT2D eigenvalue weighted by atomic mass is 16.1. The molecule has 0 fully saturated rings. The number of nitrogens with zero attached hydrogens (tertiary/aromatic N) is 2. The van der Waals surface area contributed by atoms with E-state index in [4.69, 9.17) is 5.10 Å². The molecule has 1 unspecified atom stereocenters. The summed E-state index contributed by atoms with van der Waals surface area (Å²) in [6, 6.07) is 34.1. The lowest BCUT2D eigenvalue weighted by Gasteiger charge is -2.28. The van der Waals surface area contributed by atoms with Crippen molar-refractivity contribution in [3.05, 3.63) is 166 Å². The first-order valence-corrected chi connectivity index (χ1v) is 17.2. The molecule has 0 saturated carbocycles. The SMILES string of the molecule is O=C1C2=CC=CCC2C(=O)c2cccc(Nc3ccc4c(c3)C(=O)c3cccc5c(-n6nc7c8c(cccc86)C(=O)c6ccccc6-7)ccc-4c35)c21. The zero-order chi connectivity index (χ0) is 34.8. The number of rotatable bonds is 3. The summed E-state index contributed by atoms with van der Waals surface area (Å²) >= 11 is 0. The molecule has 1 aromatic heterocycles. The van der Waals surface area contributed by atoms with Crippen molar-refractivity contribution in [3.63, 3.8) is 0 Å². The van der Waals surface area contributed by atoms with Crippen molar-refractivity contribution >= 4 is 56.2 Å². The predicted molar refractivity (Wildman–Crippen MR) is 200 cm³/mol. The molecule has 52 heavy (non-hydrogen) atoms. The van der Waals surface area contributed by atoms with Gasteiger partial charge in [0, 0.05) is 60.8 Å². The zero-order valence-electron chi connectivity index (χ0n) is 27.4. The maximum atomic E-state index is 14.3. The number of nitrogens with one attached hydrogen (secondary N) is 1. The van der Waals surface area contributed by atoms with Crippen molar-refractivity contribution < 1.29 is 19.2 Å². The van der Waals surface area contributed by atoms with E-state index < -0.39 is 5.92 Å². The maximum absolute atomic E-state index is 14.3. The summed E-state index contributed by atoms with van der Waals surface area (Å²) in [4.78, 5) is 54.9. The Morgan fingerprint density at radius 2 is 1.35 bits per heavy atom. The van der Waals surface area contributed by atoms with Gasteiger partial charge in [0.2, 0.25) is 0 Å². The Labute approximate surface area is 296 Å². The molecule has 7 aromatic rings. The van der Waals surface area contributed by atoms with Crippen molar-refractivity contribution in [1.82, 2.24) is 9.78 Å². The highest BCUT2D eigenvalue weighted by molar-refractivity contribution is 6.29. The first-order valence-electron chi connectivity index (χ1n) is 17.2. The van der Waals surface area contributed by atoms with Crippen LogP contribution in [-0.2, 0) is 0 Å². The Morgan fingerprint density at radius 3 is 2.23 bits per heavy atom. The van der Waals surface area contributed by atoms with Gasteiger partial charge in [0.05, 0.1) is 28.4 Å². The lowest BCUT2D eigenvalue weighted by atomic mass is 9.74. The van der Waals surface area contributed by atoms with Gasteiger partial charge >= 0.3 is 0 Å². The maximum Gasteiger partial charge on any atom is 0.194 e. The van der Waals surface area contributed by atoms with Gasteiger partial charge in [0.25, 0.3) is 0 Å². The molecule has 4 aliphatic carbocycles. The second kappa shape index (κ2) is 10.3. The fraction of sp³-hybridized carbons (Fsp3) is 0.0444. The molecule has 1 N–H and O–H groups in total. The Balaban J connectivity index is 1.03. The fourth-order valence-corrected chi connectivity index (χ4v) is 8.65. The van der Waals surface area contributed by atoms with E-state index in [1.54, 1.807) is 24.3 Å². The molecule has 0 bridgehead atoms. The van der Waals surface area contributed by atoms with Gasteiger partial charge in [-0.1, -0.05) is 97.1 Å². The number of aromatic nitrogens is 2. The molecule has 0 spiro atoms. The minimum absolute atomic E-state index is 0.0128. The number of hydrogen-bond donors (Lipinski definition) is 1. The molecule has 0 amide bonds. The highest BCUT2D eigenvalue weighted by Crippen LogP contribution is 2.45. The van der Waals surface area contributed by atoms with Crippen LogP contribution in [0.1, 0.15) is 59.0 Å². The van der Waals surface area contributed by atoms with Crippen LogP contribution in [0.25, 0.3) is 49.7 Å². The molecule has 7 heteroatoms. The van der Waals surface area contributed by atoms with Gasteiger partial charge in [-0.3, -0.25) is 19.2 Å². The van der Waals surface area contributed by atoms with E-state index >= 15 is 0 Å². The van der Waals surface area contributed by atoms with E-state index in [1.165, 1.54) is 0 Å². The van der Waals surface area contributed by atoms with Crippen LogP contribution < -0.4 is 5.32 Å². The Kier molecular flexibility index (Phi) is 5.69. The van der Waals surface area contributed by atoms with Crippen LogP contribution in [0.2, 0.25) is 0 Å². The summed E-state index contributed by atoms with van der Waals surface area (Å²) in [5, 5.41) is 11.0. The van der Waals surface area contributed by atoms with Gasteiger partial charge < -0.3 is 5.32 Å². The third kappa shape index (κ3) is 3.71. The van der Waals surface area contributed by atoms with E-state index in [9.17, 15) is 19.2 Å². The molecular weight excluding hydrogens is 647 g/mol. The molecule has 1 atom stereocenters. The normalized spacial score (nSPS) is 16.4. The van der Waals surface area contributed by atoms with Crippen molar-refractivity contribution in [2.24, 2.45) is 5.92 Å². The van der Waals surface area contributed by atoms with Crippen LogP contribution in [0, 0.1) is 5.92 Å². The lowest BCUT2D eigenvalue weighted by molar-refractivity contribution is 0.0883. The van der Waals surface area contributed by atoms with Crippen LogP contribution >= 0.6 is 0 Å². The predicted octanol–water partition coefficient (Wildman–Crippen LogP) is 9.23. The Hall–Kier alpha value is -6.99. The van der Waals surface area contributed by atoms with Gasteiger partial charge in [-0.25, -0.2) is 4.68 Å². The smallest absolute Gasteiger partial charge is 0.194 e. The van der Waals surface area contributed by atoms with Gasteiger partial charge in [0.1, 0.15) is 5.69 Å². The summed E-state index contributed by atoms with van der Waals surface area (Å²) in [5.74, 6) is -0.768. The van der Waals surface area contributed by atoms with E-state index in [0.29, 0.717) is 56.7 Å². The lowest BCUT2D eigenvalue weighted by Crippen LogP contribution is -2.31. The number of hydrogen-bond acceptors (Lipinski definition) is 6. The fourth-order valence-electron chi connectivity index (χ4n) is 8.65. The molecule has 0 aliphatic heterocycles. The largest absolute Gasteiger partial charge is 0.355 e. The number of ketones is 4. The van der Waals surface area contributed by atoms with Crippen LogP contribution in [0.4, 0.5) is 11.4 Å². The molecule has 1 heterocycles. The standard InChI is InChI=1S/C45H25N3O4/c49-42-27-9-2-1-8-26(27)41-40-33(42)15-7-17-37(40)48(47-41)36-21-20-25-24-19-18-23(22-34(24)44(51)31-13-5-12-30(36)38(25)31)46-35-16-6-14-32-39(35)45(52)29-11-4-3-10-28(29)43(32)50/h1-9,11-22,28,46H,10H2. The molecule has 7 nitrogen and oxygen atoms in total. The number of carbonyl (C=O) groups is 4. The quantitative estimate of drug-likeness (QED) is 0.201. The molecule has 244 valence electrons. The molecule has 6 aromatic carbocycles. The van der Waals surface area contributed by atoms with Gasteiger partial charge in [-0.15, -0.1) is 0 Å².